The van der Waals surface area contributed by atoms with Crippen LogP contribution in [0.15, 0.2) is 24.3 Å². The van der Waals surface area contributed by atoms with E-state index in [4.69, 9.17) is 44.9 Å². The number of hydrogen-bond donors (Lipinski definition) is 0. The first-order valence-electron chi connectivity index (χ1n) is 4.90. The highest BCUT2D eigenvalue weighted by Gasteiger charge is 2.22. The van der Waals surface area contributed by atoms with Crippen LogP contribution >= 0.6 is 34.8 Å². The maximum Gasteiger partial charge on any atom is 0.166 e. The smallest absolute Gasteiger partial charge is 0.166 e. The molecule has 0 aliphatic carbocycles. The van der Waals surface area contributed by atoms with Crippen LogP contribution in [0.4, 0.5) is 0 Å². The van der Waals surface area contributed by atoms with Crippen LogP contribution in [0.25, 0.3) is 11.3 Å². The Kier molecular flexibility index (Phi) is 3.72. The third-order valence-electron chi connectivity index (χ3n) is 2.43. The van der Waals surface area contributed by atoms with Gasteiger partial charge < -0.3 is 4.84 Å². The summed E-state index contributed by atoms with van der Waals surface area (Å²) in [4.78, 5) is 5.14. The van der Waals surface area contributed by atoms with Gasteiger partial charge in [0.25, 0.3) is 0 Å². The van der Waals surface area contributed by atoms with Crippen molar-refractivity contribution in [3.05, 3.63) is 45.0 Å². The predicted octanol–water partition coefficient (Wildman–Crippen LogP) is 4.05. The maximum atomic E-state index is 9.16. The molecule has 1 aromatic heterocycles. The summed E-state index contributed by atoms with van der Waals surface area (Å²) in [6.07, 6.45) is 0. The third kappa shape index (κ3) is 2.04. The van der Waals surface area contributed by atoms with Crippen LogP contribution in [0.2, 0.25) is 15.2 Å². The predicted molar refractivity (Wildman–Crippen MR) is 72.1 cm³/mol. The summed E-state index contributed by atoms with van der Waals surface area (Å²) in [5, 5.41) is 10.1. The zero-order chi connectivity index (χ0) is 13.3. The van der Waals surface area contributed by atoms with Gasteiger partial charge in [-0.3, -0.25) is 0 Å². The molecule has 0 fully saturated rings. The molecule has 6 heteroatoms. The van der Waals surface area contributed by atoms with Gasteiger partial charge in [0.15, 0.2) is 5.15 Å². The molecule has 0 aliphatic rings. The van der Waals surface area contributed by atoms with Crippen LogP contribution < -0.4 is 4.84 Å². The lowest BCUT2D eigenvalue weighted by atomic mass is 10.1. The van der Waals surface area contributed by atoms with Crippen LogP contribution in [0.3, 0.4) is 0 Å². The molecule has 92 valence electrons. The van der Waals surface area contributed by atoms with Crippen molar-refractivity contribution in [2.75, 3.05) is 7.11 Å². The molecule has 0 spiro atoms. The zero-order valence-corrected chi connectivity index (χ0v) is 11.5. The van der Waals surface area contributed by atoms with Gasteiger partial charge in [-0.2, -0.15) is 9.99 Å². The summed E-state index contributed by atoms with van der Waals surface area (Å²) >= 11 is 17.8. The van der Waals surface area contributed by atoms with Gasteiger partial charge in [0.05, 0.1) is 5.02 Å². The van der Waals surface area contributed by atoms with Crippen LogP contribution in [0.5, 0.6) is 0 Å². The van der Waals surface area contributed by atoms with Crippen LogP contribution in [0, 0.1) is 11.3 Å². The first-order valence-corrected chi connectivity index (χ1v) is 6.03. The molecule has 0 atom stereocenters. The first-order chi connectivity index (χ1) is 8.60. The van der Waals surface area contributed by atoms with Crippen LogP contribution in [0.1, 0.15) is 5.56 Å². The monoisotopic (exact) mass is 300 g/mol. The van der Waals surface area contributed by atoms with Gasteiger partial charge in [0.1, 0.15) is 24.4 Å². The Morgan fingerprint density at radius 1 is 1.17 bits per heavy atom. The van der Waals surface area contributed by atoms with E-state index in [1.54, 1.807) is 24.3 Å². The normalized spacial score (nSPS) is 10.2. The molecule has 1 heterocycles. The number of benzene rings is 1. The van der Waals surface area contributed by atoms with Gasteiger partial charge in [-0.25, -0.2) is 0 Å². The van der Waals surface area contributed by atoms with E-state index in [1.165, 1.54) is 11.8 Å². The molecule has 1 aromatic carbocycles. The highest BCUT2D eigenvalue weighted by atomic mass is 35.5. The Labute approximate surface area is 119 Å². The molecule has 0 aliphatic heterocycles. The minimum absolute atomic E-state index is 0.167. The number of halogens is 3. The standard InChI is InChI=1S/C12H7Cl3N2O/c1-18-17-11(7-2-4-8(13)5-3-7)9(6-16)10(14)12(17)15/h2-5H,1H3. The van der Waals surface area contributed by atoms with E-state index < -0.39 is 0 Å². The van der Waals surface area contributed by atoms with Crippen molar-refractivity contribution in [1.82, 2.24) is 4.73 Å². The minimum atomic E-state index is 0.167. The van der Waals surface area contributed by atoms with Gasteiger partial charge in [0, 0.05) is 10.6 Å². The zero-order valence-electron chi connectivity index (χ0n) is 9.25. The second-order valence-corrected chi connectivity index (χ2v) is 4.60. The van der Waals surface area contributed by atoms with Crippen molar-refractivity contribution in [3.63, 3.8) is 0 Å². The van der Waals surface area contributed by atoms with Crippen molar-refractivity contribution >= 4 is 34.8 Å². The van der Waals surface area contributed by atoms with Crippen molar-refractivity contribution in [2.45, 2.75) is 0 Å². The van der Waals surface area contributed by atoms with Gasteiger partial charge >= 0.3 is 0 Å². The van der Waals surface area contributed by atoms with Crippen molar-refractivity contribution in [2.24, 2.45) is 0 Å². The molecule has 2 aromatic rings. The highest BCUT2D eigenvalue weighted by Crippen LogP contribution is 2.36. The van der Waals surface area contributed by atoms with E-state index in [2.05, 4.69) is 0 Å². The van der Waals surface area contributed by atoms with Crippen molar-refractivity contribution in [3.8, 4) is 17.3 Å². The Balaban J connectivity index is 2.74. The van der Waals surface area contributed by atoms with Gasteiger partial charge in [-0.15, -0.1) is 0 Å². The highest BCUT2D eigenvalue weighted by molar-refractivity contribution is 6.42. The molecule has 18 heavy (non-hydrogen) atoms. The molecule has 0 radical (unpaired) electrons. The summed E-state index contributed by atoms with van der Waals surface area (Å²) in [5.74, 6) is 0. The quantitative estimate of drug-likeness (QED) is 0.839. The van der Waals surface area contributed by atoms with Crippen LogP contribution in [-0.2, 0) is 0 Å². The summed E-state index contributed by atoms with van der Waals surface area (Å²) in [6, 6.07) is 8.98. The van der Waals surface area contributed by atoms with Crippen molar-refractivity contribution < 1.29 is 4.84 Å². The summed E-state index contributed by atoms with van der Waals surface area (Å²) in [7, 11) is 1.45. The van der Waals surface area contributed by atoms with Crippen LogP contribution in [-0.4, -0.2) is 11.8 Å². The van der Waals surface area contributed by atoms with Gasteiger partial charge in [0.2, 0.25) is 0 Å². The number of aromatic nitrogens is 1. The number of nitrogens with zero attached hydrogens (tertiary/aromatic N) is 2. The molecule has 0 unspecified atom stereocenters. The molecule has 0 saturated heterocycles. The average molecular weight is 302 g/mol. The fraction of sp³-hybridized carbons (Fsp3) is 0.0833. The van der Waals surface area contributed by atoms with E-state index in [9.17, 15) is 0 Å². The Morgan fingerprint density at radius 3 is 2.28 bits per heavy atom. The van der Waals surface area contributed by atoms with Gasteiger partial charge in [-0.1, -0.05) is 46.9 Å². The van der Waals surface area contributed by atoms with Gasteiger partial charge in [-0.05, 0) is 12.1 Å². The molecular formula is C12H7Cl3N2O. The maximum absolute atomic E-state index is 9.16. The van der Waals surface area contributed by atoms with E-state index in [-0.39, 0.29) is 15.7 Å². The summed E-state index contributed by atoms with van der Waals surface area (Å²) in [5.41, 5.74) is 1.52. The van der Waals surface area contributed by atoms with E-state index in [1.807, 2.05) is 6.07 Å². The number of nitriles is 1. The minimum Gasteiger partial charge on any atom is -0.416 e. The fourth-order valence-corrected chi connectivity index (χ4v) is 2.22. The van der Waals surface area contributed by atoms with E-state index in [0.29, 0.717) is 10.7 Å². The average Bonchev–Trinajstić information content (AvgIpc) is 2.62. The third-order valence-corrected chi connectivity index (χ3v) is 3.49. The molecule has 0 saturated carbocycles. The SMILES string of the molecule is COn1c(Cl)c(Cl)c(C#N)c1-c1ccc(Cl)cc1. The van der Waals surface area contributed by atoms with E-state index in [0.717, 1.165) is 5.56 Å². The largest absolute Gasteiger partial charge is 0.416 e. The molecular weight excluding hydrogens is 295 g/mol. The Hall–Kier alpha value is -1.34. The molecule has 3 nitrogen and oxygen atoms in total. The second-order valence-electron chi connectivity index (χ2n) is 3.42. The molecule has 2 rings (SSSR count). The topological polar surface area (TPSA) is 38.0 Å². The Morgan fingerprint density at radius 2 is 1.78 bits per heavy atom. The lowest BCUT2D eigenvalue weighted by molar-refractivity contribution is 0.173. The molecule has 0 amide bonds. The van der Waals surface area contributed by atoms with Crippen molar-refractivity contribution in [1.29, 1.82) is 5.26 Å². The lowest BCUT2D eigenvalue weighted by Gasteiger charge is -2.08. The lowest BCUT2D eigenvalue weighted by Crippen LogP contribution is -2.07. The Bertz CT molecular complexity index is 626. The van der Waals surface area contributed by atoms with E-state index >= 15 is 0 Å². The number of rotatable bonds is 2. The summed E-state index contributed by atoms with van der Waals surface area (Å²) in [6.45, 7) is 0. The fourth-order valence-electron chi connectivity index (χ4n) is 1.64. The molecule has 0 N–H and O–H groups in total. The second kappa shape index (κ2) is 5.11. The number of hydrogen-bond acceptors (Lipinski definition) is 2. The molecule has 0 bridgehead atoms. The summed E-state index contributed by atoms with van der Waals surface area (Å²) < 4.78 is 1.31. The first kappa shape index (κ1) is 13.1.